The average molecular weight is 338 g/mol. The molecule has 0 aliphatic heterocycles. The molecule has 0 unspecified atom stereocenters. The molecule has 132 valence electrons. The van der Waals surface area contributed by atoms with E-state index in [4.69, 9.17) is 0 Å². The van der Waals surface area contributed by atoms with Crippen molar-refractivity contribution in [3.05, 3.63) is 59.2 Å². The van der Waals surface area contributed by atoms with Crippen LogP contribution < -0.4 is 10.6 Å². The van der Waals surface area contributed by atoms with Gasteiger partial charge in [0.1, 0.15) is 0 Å². The Balaban J connectivity index is 2.36. The molecule has 4 nitrogen and oxygen atoms in total. The van der Waals surface area contributed by atoms with E-state index in [0.29, 0.717) is 23.1 Å². The van der Waals surface area contributed by atoms with Crippen molar-refractivity contribution in [3.8, 4) is 0 Å². The fourth-order valence-electron chi connectivity index (χ4n) is 2.82. The average Bonchev–Trinajstić information content (AvgIpc) is 2.54. The first-order valence-corrected chi connectivity index (χ1v) is 8.61. The number of hydrogen-bond acceptors (Lipinski definition) is 2. The van der Waals surface area contributed by atoms with Crippen LogP contribution in [0, 0.1) is 0 Å². The summed E-state index contributed by atoms with van der Waals surface area (Å²) in [5.74, 6) is 0.270. The SMILES string of the molecule is CC(=O)Nc1cccc(C(=O)Nc2c(C(C)C)cccc2C(C)C)c1. The van der Waals surface area contributed by atoms with Gasteiger partial charge in [0.15, 0.2) is 0 Å². The number of anilines is 2. The number of amides is 2. The summed E-state index contributed by atoms with van der Waals surface area (Å²) in [7, 11) is 0. The largest absolute Gasteiger partial charge is 0.326 e. The Morgan fingerprint density at radius 1 is 0.840 bits per heavy atom. The molecule has 0 aromatic heterocycles. The smallest absolute Gasteiger partial charge is 0.255 e. The molecule has 0 fully saturated rings. The Morgan fingerprint density at radius 3 is 1.92 bits per heavy atom. The zero-order chi connectivity index (χ0) is 18.6. The number of para-hydroxylation sites is 1. The number of hydrogen-bond donors (Lipinski definition) is 2. The number of nitrogens with one attached hydrogen (secondary N) is 2. The summed E-state index contributed by atoms with van der Waals surface area (Å²) < 4.78 is 0. The molecule has 0 radical (unpaired) electrons. The second-order valence-corrected chi connectivity index (χ2v) is 6.84. The van der Waals surface area contributed by atoms with E-state index in [1.165, 1.54) is 6.92 Å². The van der Waals surface area contributed by atoms with Gasteiger partial charge in [-0.1, -0.05) is 52.0 Å². The monoisotopic (exact) mass is 338 g/mol. The van der Waals surface area contributed by atoms with Crippen LogP contribution in [-0.2, 0) is 4.79 Å². The lowest BCUT2D eigenvalue weighted by atomic mass is 9.92. The molecule has 2 amide bonds. The summed E-state index contributed by atoms with van der Waals surface area (Å²) in [5.41, 5.74) is 4.26. The van der Waals surface area contributed by atoms with Crippen LogP contribution >= 0.6 is 0 Å². The second-order valence-electron chi connectivity index (χ2n) is 6.84. The zero-order valence-electron chi connectivity index (χ0n) is 15.5. The molecule has 0 heterocycles. The van der Waals surface area contributed by atoms with E-state index in [1.807, 2.05) is 6.07 Å². The molecule has 4 heteroatoms. The molecule has 0 saturated carbocycles. The lowest BCUT2D eigenvalue weighted by Crippen LogP contribution is -2.16. The molecule has 0 aliphatic rings. The maximum atomic E-state index is 12.8. The van der Waals surface area contributed by atoms with E-state index in [9.17, 15) is 9.59 Å². The third-order valence-electron chi connectivity index (χ3n) is 4.06. The zero-order valence-corrected chi connectivity index (χ0v) is 15.5. The van der Waals surface area contributed by atoms with Gasteiger partial charge >= 0.3 is 0 Å². The molecule has 2 aromatic carbocycles. The standard InChI is InChI=1S/C21H26N2O2/c1-13(2)18-10-7-11-19(14(3)4)20(18)23-21(25)16-8-6-9-17(12-16)22-15(5)24/h6-14H,1-5H3,(H,22,24)(H,23,25). The molecule has 2 N–H and O–H groups in total. The number of rotatable bonds is 5. The van der Waals surface area contributed by atoms with Gasteiger partial charge in [0.05, 0.1) is 0 Å². The first kappa shape index (κ1) is 18.7. The first-order valence-electron chi connectivity index (χ1n) is 8.61. The fraction of sp³-hybridized carbons (Fsp3) is 0.333. The van der Waals surface area contributed by atoms with Crippen molar-refractivity contribution in [1.29, 1.82) is 0 Å². The first-order chi connectivity index (χ1) is 11.8. The molecule has 0 aliphatic carbocycles. The van der Waals surface area contributed by atoms with E-state index < -0.39 is 0 Å². The molecule has 2 rings (SSSR count). The minimum absolute atomic E-state index is 0.162. The van der Waals surface area contributed by atoms with Crippen LogP contribution in [0.15, 0.2) is 42.5 Å². The molecule has 0 atom stereocenters. The molecule has 0 saturated heterocycles. The normalized spacial score (nSPS) is 10.8. The van der Waals surface area contributed by atoms with Gasteiger partial charge < -0.3 is 10.6 Å². The Labute approximate surface area is 149 Å². The summed E-state index contributed by atoms with van der Waals surface area (Å²) in [6, 6.07) is 13.1. The minimum atomic E-state index is -0.179. The Bertz CT molecular complexity index is 753. The Kier molecular flexibility index (Phi) is 5.97. The predicted octanol–water partition coefficient (Wildman–Crippen LogP) is 5.14. The van der Waals surface area contributed by atoms with Gasteiger partial charge in [-0.2, -0.15) is 0 Å². The highest BCUT2D eigenvalue weighted by molar-refractivity contribution is 6.06. The van der Waals surface area contributed by atoms with Gasteiger partial charge in [0.2, 0.25) is 5.91 Å². The fourth-order valence-corrected chi connectivity index (χ4v) is 2.82. The van der Waals surface area contributed by atoms with Crippen molar-refractivity contribution in [2.75, 3.05) is 10.6 Å². The van der Waals surface area contributed by atoms with Gasteiger partial charge in [-0.25, -0.2) is 0 Å². The number of benzene rings is 2. The van der Waals surface area contributed by atoms with Crippen molar-refractivity contribution in [3.63, 3.8) is 0 Å². The summed E-state index contributed by atoms with van der Waals surface area (Å²) >= 11 is 0. The van der Waals surface area contributed by atoms with E-state index in [1.54, 1.807) is 24.3 Å². The van der Waals surface area contributed by atoms with Crippen LogP contribution in [-0.4, -0.2) is 11.8 Å². The highest BCUT2D eigenvalue weighted by Gasteiger charge is 2.17. The quantitative estimate of drug-likeness (QED) is 0.792. The summed E-state index contributed by atoms with van der Waals surface area (Å²) in [5, 5.41) is 5.79. The number of carbonyl (C=O) groups is 2. The minimum Gasteiger partial charge on any atom is -0.326 e. The molecular weight excluding hydrogens is 312 g/mol. The van der Waals surface area contributed by atoms with Crippen molar-refractivity contribution >= 4 is 23.2 Å². The maximum absolute atomic E-state index is 12.8. The summed E-state index contributed by atoms with van der Waals surface area (Å²) in [6.45, 7) is 9.92. The van der Waals surface area contributed by atoms with Crippen LogP contribution in [0.4, 0.5) is 11.4 Å². The Hall–Kier alpha value is -2.62. The third-order valence-corrected chi connectivity index (χ3v) is 4.06. The van der Waals surface area contributed by atoms with E-state index >= 15 is 0 Å². The van der Waals surface area contributed by atoms with Crippen LogP contribution in [0.5, 0.6) is 0 Å². The lowest BCUT2D eigenvalue weighted by Gasteiger charge is -2.20. The van der Waals surface area contributed by atoms with Crippen LogP contribution in [0.25, 0.3) is 0 Å². The van der Waals surface area contributed by atoms with Crippen molar-refractivity contribution in [2.45, 2.75) is 46.5 Å². The molecule has 0 bridgehead atoms. The van der Waals surface area contributed by atoms with Gasteiger partial charge in [-0.15, -0.1) is 0 Å². The highest BCUT2D eigenvalue weighted by Crippen LogP contribution is 2.32. The second kappa shape index (κ2) is 7.97. The summed E-state index contributed by atoms with van der Waals surface area (Å²) in [4.78, 5) is 24.0. The van der Waals surface area contributed by atoms with Crippen LogP contribution in [0.3, 0.4) is 0 Å². The van der Waals surface area contributed by atoms with Gasteiger partial charge in [0.25, 0.3) is 5.91 Å². The van der Waals surface area contributed by atoms with E-state index in [0.717, 1.165) is 16.8 Å². The third kappa shape index (κ3) is 4.69. The lowest BCUT2D eigenvalue weighted by molar-refractivity contribution is -0.114. The topological polar surface area (TPSA) is 58.2 Å². The summed E-state index contributed by atoms with van der Waals surface area (Å²) in [6.07, 6.45) is 0. The van der Waals surface area contributed by atoms with Crippen molar-refractivity contribution in [1.82, 2.24) is 0 Å². The van der Waals surface area contributed by atoms with Crippen molar-refractivity contribution in [2.24, 2.45) is 0 Å². The number of carbonyl (C=O) groups excluding carboxylic acids is 2. The van der Waals surface area contributed by atoms with Crippen molar-refractivity contribution < 1.29 is 9.59 Å². The van der Waals surface area contributed by atoms with Crippen LogP contribution in [0.2, 0.25) is 0 Å². The molecule has 25 heavy (non-hydrogen) atoms. The molecule has 0 spiro atoms. The molecule has 2 aromatic rings. The van der Waals surface area contributed by atoms with Crippen LogP contribution in [0.1, 0.15) is 67.9 Å². The van der Waals surface area contributed by atoms with E-state index in [2.05, 4.69) is 50.5 Å². The van der Waals surface area contributed by atoms with Gasteiger partial charge in [-0.05, 0) is 41.2 Å². The highest BCUT2D eigenvalue weighted by atomic mass is 16.2. The molecular formula is C21H26N2O2. The Morgan fingerprint density at radius 2 is 1.40 bits per heavy atom. The maximum Gasteiger partial charge on any atom is 0.255 e. The van der Waals surface area contributed by atoms with Gasteiger partial charge in [0, 0.05) is 23.9 Å². The predicted molar refractivity (Wildman–Crippen MR) is 103 cm³/mol. The van der Waals surface area contributed by atoms with Gasteiger partial charge in [-0.3, -0.25) is 9.59 Å². The van der Waals surface area contributed by atoms with E-state index in [-0.39, 0.29) is 11.8 Å².